The van der Waals surface area contributed by atoms with Gasteiger partial charge in [0, 0.05) is 19.3 Å². The van der Waals surface area contributed by atoms with Crippen LogP contribution in [0.2, 0.25) is 0 Å². The largest absolute Gasteiger partial charge is 0.469 e. The SMILES string of the molecule is COC(=O)[C@H]1CCC(=O)N2[C@@H](c3ccccc3)CO[C@]12CCC1OCCO1. The molecule has 0 unspecified atom stereocenters. The first-order valence-electron chi connectivity index (χ1n) is 9.48. The van der Waals surface area contributed by atoms with Crippen LogP contribution in [0.4, 0.5) is 0 Å². The van der Waals surface area contributed by atoms with Gasteiger partial charge in [0.05, 0.1) is 33.0 Å². The van der Waals surface area contributed by atoms with E-state index in [2.05, 4.69) is 0 Å². The molecule has 146 valence electrons. The number of esters is 1. The number of piperidine rings is 1. The molecule has 4 rings (SSSR count). The summed E-state index contributed by atoms with van der Waals surface area (Å²) in [6.07, 6.45) is 1.43. The number of ether oxygens (including phenoxy) is 4. The van der Waals surface area contributed by atoms with Gasteiger partial charge in [0.2, 0.25) is 5.91 Å². The molecule has 0 bridgehead atoms. The van der Waals surface area contributed by atoms with Crippen molar-refractivity contribution in [2.24, 2.45) is 5.92 Å². The van der Waals surface area contributed by atoms with Crippen molar-refractivity contribution < 1.29 is 28.5 Å². The minimum Gasteiger partial charge on any atom is -0.469 e. The average molecular weight is 375 g/mol. The van der Waals surface area contributed by atoms with E-state index in [-0.39, 0.29) is 24.2 Å². The molecule has 0 saturated carbocycles. The molecular formula is C20H25NO6. The highest BCUT2D eigenvalue weighted by atomic mass is 16.7. The Bertz CT molecular complexity index is 689. The Hall–Kier alpha value is -1.96. The highest BCUT2D eigenvalue weighted by Crippen LogP contribution is 2.49. The Morgan fingerprint density at radius 3 is 2.70 bits per heavy atom. The zero-order valence-electron chi connectivity index (χ0n) is 15.5. The van der Waals surface area contributed by atoms with E-state index in [9.17, 15) is 9.59 Å². The van der Waals surface area contributed by atoms with E-state index in [4.69, 9.17) is 18.9 Å². The van der Waals surface area contributed by atoms with Gasteiger partial charge in [0.1, 0.15) is 5.92 Å². The summed E-state index contributed by atoms with van der Waals surface area (Å²) in [6.45, 7) is 1.48. The van der Waals surface area contributed by atoms with E-state index >= 15 is 0 Å². The summed E-state index contributed by atoms with van der Waals surface area (Å²) >= 11 is 0. The highest BCUT2D eigenvalue weighted by molar-refractivity contribution is 5.83. The molecule has 1 aromatic rings. The van der Waals surface area contributed by atoms with Gasteiger partial charge in [-0.3, -0.25) is 9.59 Å². The Balaban J connectivity index is 1.67. The molecule has 0 radical (unpaired) electrons. The van der Waals surface area contributed by atoms with Crippen LogP contribution in [0, 0.1) is 5.92 Å². The van der Waals surface area contributed by atoms with Crippen LogP contribution in [-0.4, -0.2) is 55.7 Å². The second kappa shape index (κ2) is 7.58. The van der Waals surface area contributed by atoms with Crippen LogP contribution in [-0.2, 0) is 28.5 Å². The maximum absolute atomic E-state index is 12.9. The van der Waals surface area contributed by atoms with Crippen molar-refractivity contribution in [1.82, 2.24) is 4.90 Å². The first-order valence-corrected chi connectivity index (χ1v) is 9.48. The highest BCUT2D eigenvalue weighted by Gasteiger charge is 2.60. The number of carbonyl (C=O) groups excluding carboxylic acids is 2. The van der Waals surface area contributed by atoms with Gasteiger partial charge in [-0.15, -0.1) is 0 Å². The number of carbonyl (C=O) groups is 2. The fraction of sp³-hybridized carbons (Fsp3) is 0.600. The first-order chi connectivity index (χ1) is 13.2. The number of benzene rings is 1. The van der Waals surface area contributed by atoms with Crippen molar-refractivity contribution in [3.05, 3.63) is 35.9 Å². The summed E-state index contributed by atoms with van der Waals surface area (Å²) in [4.78, 5) is 27.3. The lowest BCUT2D eigenvalue weighted by molar-refractivity contribution is -0.195. The maximum Gasteiger partial charge on any atom is 0.313 e. The summed E-state index contributed by atoms with van der Waals surface area (Å²) in [5, 5.41) is 0. The van der Waals surface area contributed by atoms with E-state index in [1.807, 2.05) is 30.3 Å². The van der Waals surface area contributed by atoms with Crippen molar-refractivity contribution in [2.75, 3.05) is 26.9 Å². The molecule has 0 aliphatic carbocycles. The maximum atomic E-state index is 12.9. The number of hydrogen-bond donors (Lipinski definition) is 0. The van der Waals surface area contributed by atoms with Gasteiger partial charge in [-0.1, -0.05) is 30.3 Å². The normalized spacial score (nSPS) is 31.1. The molecule has 3 atom stereocenters. The molecule has 0 aromatic heterocycles. The van der Waals surface area contributed by atoms with Crippen LogP contribution in [0.15, 0.2) is 30.3 Å². The van der Waals surface area contributed by atoms with Crippen LogP contribution in [0.1, 0.15) is 37.3 Å². The van der Waals surface area contributed by atoms with Crippen molar-refractivity contribution in [1.29, 1.82) is 0 Å². The van der Waals surface area contributed by atoms with E-state index in [1.54, 1.807) is 4.90 Å². The van der Waals surface area contributed by atoms with Crippen LogP contribution in [0.5, 0.6) is 0 Å². The van der Waals surface area contributed by atoms with Crippen molar-refractivity contribution >= 4 is 11.9 Å². The van der Waals surface area contributed by atoms with Crippen LogP contribution < -0.4 is 0 Å². The fourth-order valence-electron chi connectivity index (χ4n) is 4.53. The number of hydrogen-bond acceptors (Lipinski definition) is 6. The minimum atomic E-state index is -1.02. The Morgan fingerprint density at radius 1 is 1.26 bits per heavy atom. The van der Waals surface area contributed by atoms with E-state index in [0.717, 1.165) is 5.56 Å². The summed E-state index contributed by atoms with van der Waals surface area (Å²) < 4.78 is 22.4. The minimum absolute atomic E-state index is 0.00904. The lowest BCUT2D eigenvalue weighted by Crippen LogP contribution is -2.59. The molecule has 3 fully saturated rings. The molecule has 7 nitrogen and oxygen atoms in total. The smallest absolute Gasteiger partial charge is 0.313 e. The van der Waals surface area contributed by atoms with Gasteiger partial charge in [0.25, 0.3) is 0 Å². The second-order valence-corrected chi connectivity index (χ2v) is 7.17. The van der Waals surface area contributed by atoms with Gasteiger partial charge >= 0.3 is 5.97 Å². The molecule has 27 heavy (non-hydrogen) atoms. The second-order valence-electron chi connectivity index (χ2n) is 7.17. The molecule has 7 heteroatoms. The van der Waals surface area contributed by atoms with Crippen molar-refractivity contribution in [2.45, 2.75) is 43.7 Å². The predicted octanol–water partition coefficient (Wildman–Crippen LogP) is 2.02. The molecule has 3 heterocycles. The number of amides is 1. The van der Waals surface area contributed by atoms with Crippen molar-refractivity contribution in [3.63, 3.8) is 0 Å². The molecule has 3 aliphatic heterocycles. The summed E-state index contributed by atoms with van der Waals surface area (Å²) in [5.41, 5.74) is -0.00951. The topological polar surface area (TPSA) is 74.3 Å². The van der Waals surface area contributed by atoms with E-state index < -0.39 is 11.6 Å². The molecular weight excluding hydrogens is 350 g/mol. The molecule has 0 N–H and O–H groups in total. The monoisotopic (exact) mass is 375 g/mol. The zero-order chi connectivity index (χ0) is 18.9. The standard InChI is InChI=1S/C20H25NO6/c1-24-19(23)15-7-8-17(22)21-16(14-5-3-2-4-6-14)13-27-20(15,21)10-9-18-25-11-12-26-18/h2-6,15-16,18H,7-13H2,1H3/t15-,16-,20-/m1/s1. The Kier molecular flexibility index (Phi) is 5.16. The number of nitrogens with zero attached hydrogens (tertiary/aromatic N) is 1. The Labute approximate surface area is 158 Å². The van der Waals surface area contributed by atoms with Crippen LogP contribution in [0.3, 0.4) is 0 Å². The molecule has 1 aromatic carbocycles. The number of rotatable bonds is 5. The van der Waals surface area contributed by atoms with Gasteiger partial charge in [-0.25, -0.2) is 0 Å². The van der Waals surface area contributed by atoms with E-state index in [1.165, 1.54) is 7.11 Å². The zero-order valence-corrected chi connectivity index (χ0v) is 15.5. The summed E-state index contributed by atoms with van der Waals surface area (Å²) in [5.74, 6) is -0.848. The van der Waals surface area contributed by atoms with Crippen LogP contribution in [0.25, 0.3) is 0 Å². The molecule has 0 spiro atoms. The quantitative estimate of drug-likeness (QED) is 0.733. The van der Waals surface area contributed by atoms with Gasteiger partial charge < -0.3 is 23.8 Å². The molecule has 3 saturated heterocycles. The predicted molar refractivity (Wildman–Crippen MR) is 94.4 cm³/mol. The average Bonchev–Trinajstić information content (AvgIpc) is 3.35. The van der Waals surface area contributed by atoms with Crippen molar-refractivity contribution in [3.8, 4) is 0 Å². The number of methoxy groups -OCH3 is 1. The Morgan fingerprint density at radius 2 is 2.00 bits per heavy atom. The third-order valence-electron chi connectivity index (χ3n) is 5.77. The molecule has 1 amide bonds. The van der Waals surface area contributed by atoms with Crippen LogP contribution >= 0.6 is 0 Å². The lowest BCUT2D eigenvalue weighted by atomic mass is 9.81. The van der Waals surface area contributed by atoms with Gasteiger partial charge in [0.15, 0.2) is 12.0 Å². The van der Waals surface area contributed by atoms with E-state index in [0.29, 0.717) is 45.5 Å². The fourth-order valence-corrected chi connectivity index (χ4v) is 4.53. The van der Waals surface area contributed by atoms with Gasteiger partial charge in [-0.05, 0) is 12.0 Å². The summed E-state index contributed by atoms with van der Waals surface area (Å²) in [6, 6.07) is 9.60. The lowest BCUT2D eigenvalue weighted by Gasteiger charge is -2.47. The number of fused-ring (bicyclic) bond motifs is 1. The third-order valence-corrected chi connectivity index (χ3v) is 5.77. The van der Waals surface area contributed by atoms with Gasteiger partial charge in [-0.2, -0.15) is 0 Å². The summed E-state index contributed by atoms with van der Waals surface area (Å²) in [7, 11) is 1.38. The molecule has 3 aliphatic rings. The third kappa shape index (κ3) is 3.24. The first kappa shape index (κ1) is 18.4.